The van der Waals surface area contributed by atoms with E-state index in [-0.39, 0.29) is 11.4 Å². The molecule has 0 spiro atoms. The third-order valence-electron chi connectivity index (χ3n) is 3.57. The van der Waals surface area contributed by atoms with Gasteiger partial charge in [-0.05, 0) is 37.1 Å². The fourth-order valence-electron chi connectivity index (χ4n) is 2.45. The van der Waals surface area contributed by atoms with Crippen LogP contribution >= 0.6 is 0 Å². The molecule has 1 aromatic carbocycles. The summed E-state index contributed by atoms with van der Waals surface area (Å²) in [5.41, 5.74) is -0.0218. The first kappa shape index (κ1) is 14.4. The highest BCUT2D eigenvalue weighted by molar-refractivity contribution is 6.03. The number of carbonyl (C=O) groups is 1. The molecule has 0 saturated carbocycles. The Kier molecular flexibility index (Phi) is 4.00. The first-order valence-electron chi connectivity index (χ1n) is 7.12. The summed E-state index contributed by atoms with van der Waals surface area (Å²) in [5.74, 6) is -1.14. The molecule has 1 aliphatic rings. The number of aromatic nitrogens is 1. The number of hydrogen-bond donors (Lipinski definition) is 1. The molecule has 1 amide bonds. The summed E-state index contributed by atoms with van der Waals surface area (Å²) < 4.78 is 26.7. The van der Waals surface area contributed by atoms with Crippen LogP contribution in [-0.2, 0) is 0 Å². The number of anilines is 2. The quantitative estimate of drug-likeness (QED) is 0.947. The van der Waals surface area contributed by atoms with Gasteiger partial charge in [0.15, 0.2) is 0 Å². The number of halogens is 2. The molecule has 1 aliphatic heterocycles. The van der Waals surface area contributed by atoms with E-state index in [1.54, 1.807) is 12.1 Å². The van der Waals surface area contributed by atoms with E-state index in [1.807, 2.05) is 6.07 Å². The van der Waals surface area contributed by atoms with Gasteiger partial charge in [0, 0.05) is 19.2 Å². The van der Waals surface area contributed by atoms with Gasteiger partial charge < -0.3 is 10.2 Å². The van der Waals surface area contributed by atoms with Crippen molar-refractivity contribution in [1.82, 2.24) is 4.98 Å². The highest BCUT2D eigenvalue weighted by atomic mass is 19.1. The molecule has 1 aromatic heterocycles. The summed E-state index contributed by atoms with van der Waals surface area (Å²) in [6, 6.07) is 8.03. The van der Waals surface area contributed by atoms with Gasteiger partial charge >= 0.3 is 0 Å². The van der Waals surface area contributed by atoms with Crippen LogP contribution in [0.5, 0.6) is 0 Å². The van der Waals surface area contributed by atoms with E-state index < -0.39 is 17.5 Å². The van der Waals surface area contributed by atoms with E-state index in [1.165, 1.54) is 0 Å². The molecular weight excluding hydrogens is 288 g/mol. The Balaban J connectivity index is 1.80. The maximum absolute atomic E-state index is 13.6. The molecule has 6 heteroatoms. The minimum atomic E-state index is -0.689. The zero-order valence-electron chi connectivity index (χ0n) is 11.9. The van der Waals surface area contributed by atoms with Crippen LogP contribution in [0.3, 0.4) is 0 Å². The van der Waals surface area contributed by atoms with Crippen molar-refractivity contribution in [1.29, 1.82) is 0 Å². The smallest absolute Gasteiger partial charge is 0.274 e. The van der Waals surface area contributed by atoms with Crippen LogP contribution in [0.25, 0.3) is 0 Å². The minimum Gasteiger partial charge on any atom is -0.357 e. The molecule has 0 radical (unpaired) electrons. The van der Waals surface area contributed by atoms with Crippen LogP contribution in [0.4, 0.5) is 20.3 Å². The van der Waals surface area contributed by atoms with Crippen LogP contribution in [-0.4, -0.2) is 24.0 Å². The summed E-state index contributed by atoms with van der Waals surface area (Å²) in [5, 5.41) is 2.35. The molecule has 1 saturated heterocycles. The Labute approximate surface area is 126 Å². The van der Waals surface area contributed by atoms with E-state index >= 15 is 0 Å². The topological polar surface area (TPSA) is 45.2 Å². The molecule has 0 atom stereocenters. The Morgan fingerprint density at radius 2 is 1.91 bits per heavy atom. The Bertz CT molecular complexity index is 700. The first-order valence-corrected chi connectivity index (χ1v) is 7.12. The molecule has 4 nitrogen and oxygen atoms in total. The van der Waals surface area contributed by atoms with E-state index in [0.717, 1.165) is 49.9 Å². The number of benzene rings is 1. The van der Waals surface area contributed by atoms with Crippen LogP contribution in [0.2, 0.25) is 0 Å². The number of rotatable bonds is 3. The van der Waals surface area contributed by atoms with Crippen molar-refractivity contribution in [3.63, 3.8) is 0 Å². The lowest BCUT2D eigenvalue weighted by molar-refractivity contribution is 0.102. The summed E-state index contributed by atoms with van der Waals surface area (Å²) >= 11 is 0. The monoisotopic (exact) mass is 303 g/mol. The van der Waals surface area contributed by atoms with Crippen molar-refractivity contribution in [2.24, 2.45) is 0 Å². The SMILES string of the molecule is O=C(Nc1cc(F)ccc1F)c1cccc(N2CCCC2)n1. The van der Waals surface area contributed by atoms with Gasteiger partial charge in [0.1, 0.15) is 23.1 Å². The van der Waals surface area contributed by atoms with Crippen molar-refractivity contribution < 1.29 is 13.6 Å². The third kappa shape index (κ3) is 3.05. The van der Waals surface area contributed by atoms with Gasteiger partial charge in [0.05, 0.1) is 5.69 Å². The summed E-state index contributed by atoms with van der Waals surface area (Å²) in [6.07, 6.45) is 2.21. The predicted octanol–water partition coefficient (Wildman–Crippen LogP) is 3.21. The zero-order chi connectivity index (χ0) is 15.5. The fourth-order valence-corrected chi connectivity index (χ4v) is 2.45. The molecule has 22 heavy (non-hydrogen) atoms. The maximum atomic E-state index is 13.6. The number of hydrogen-bond acceptors (Lipinski definition) is 3. The number of carbonyl (C=O) groups excluding carboxylic acids is 1. The number of amides is 1. The van der Waals surface area contributed by atoms with Gasteiger partial charge in [-0.3, -0.25) is 4.79 Å². The third-order valence-corrected chi connectivity index (χ3v) is 3.57. The van der Waals surface area contributed by atoms with Crippen molar-refractivity contribution >= 4 is 17.4 Å². The Morgan fingerprint density at radius 1 is 1.14 bits per heavy atom. The number of pyridine rings is 1. The molecule has 0 bridgehead atoms. The van der Waals surface area contributed by atoms with Crippen LogP contribution in [0, 0.1) is 11.6 Å². The number of nitrogens with one attached hydrogen (secondary N) is 1. The molecule has 114 valence electrons. The van der Waals surface area contributed by atoms with Gasteiger partial charge in [-0.1, -0.05) is 6.07 Å². The van der Waals surface area contributed by atoms with Crippen molar-refractivity contribution in [3.8, 4) is 0 Å². The van der Waals surface area contributed by atoms with Gasteiger partial charge in [0.2, 0.25) is 0 Å². The molecule has 2 heterocycles. The highest BCUT2D eigenvalue weighted by Crippen LogP contribution is 2.19. The second-order valence-electron chi connectivity index (χ2n) is 5.15. The summed E-state index contributed by atoms with van der Waals surface area (Å²) in [6.45, 7) is 1.83. The van der Waals surface area contributed by atoms with Gasteiger partial charge in [-0.2, -0.15) is 0 Å². The van der Waals surface area contributed by atoms with Gasteiger partial charge in [0.25, 0.3) is 5.91 Å². The lowest BCUT2D eigenvalue weighted by atomic mass is 10.2. The second-order valence-corrected chi connectivity index (χ2v) is 5.15. The standard InChI is InChI=1S/C16H15F2N3O/c17-11-6-7-12(18)14(10-11)20-16(22)13-4-3-5-15(19-13)21-8-1-2-9-21/h3-7,10H,1-2,8-9H2,(H,20,22). The normalized spacial score (nSPS) is 14.2. The molecule has 2 aromatic rings. The van der Waals surface area contributed by atoms with E-state index in [0.29, 0.717) is 0 Å². The van der Waals surface area contributed by atoms with Crippen LogP contribution < -0.4 is 10.2 Å². The van der Waals surface area contributed by atoms with Crippen molar-refractivity contribution in [3.05, 3.63) is 53.7 Å². The van der Waals surface area contributed by atoms with Crippen molar-refractivity contribution in [2.75, 3.05) is 23.3 Å². The Hall–Kier alpha value is -2.50. The molecule has 0 unspecified atom stereocenters. The Morgan fingerprint density at radius 3 is 2.68 bits per heavy atom. The largest absolute Gasteiger partial charge is 0.357 e. The fraction of sp³-hybridized carbons (Fsp3) is 0.250. The van der Waals surface area contributed by atoms with E-state index in [9.17, 15) is 13.6 Å². The average Bonchev–Trinajstić information content (AvgIpc) is 3.05. The van der Waals surface area contributed by atoms with E-state index in [4.69, 9.17) is 0 Å². The van der Waals surface area contributed by atoms with E-state index in [2.05, 4.69) is 15.2 Å². The van der Waals surface area contributed by atoms with Crippen LogP contribution in [0.1, 0.15) is 23.3 Å². The number of nitrogens with zero attached hydrogens (tertiary/aromatic N) is 2. The summed E-state index contributed by atoms with van der Waals surface area (Å²) in [4.78, 5) is 18.6. The lowest BCUT2D eigenvalue weighted by Gasteiger charge is -2.16. The lowest BCUT2D eigenvalue weighted by Crippen LogP contribution is -2.21. The zero-order valence-corrected chi connectivity index (χ0v) is 11.9. The average molecular weight is 303 g/mol. The molecule has 1 fully saturated rings. The summed E-state index contributed by atoms with van der Waals surface area (Å²) in [7, 11) is 0. The molecule has 1 N–H and O–H groups in total. The predicted molar refractivity (Wildman–Crippen MR) is 80.0 cm³/mol. The molecular formula is C16H15F2N3O. The first-order chi connectivity index (χ1) is 10.6. The van der Waals surface area contributed by atoms with Crippen molar-refractivity contribution in [2.45, 2.75) is 12.8 Å². The minimum absolute atomic E-state index is 0.174. The molecule has 3 rings (SSSR count). The second kappa shape index (κ2) is 6.09. The van der Waals surface area contributed by atoms with Gasteiger partial charge in [-0.25, -0.2) is 13.8 Å². The van der Waals surface area contributed by atoms with Gasteiger partial charge in [-0.15, -0.1) is 0 Å². The molecule has 0 aliphatic carbocycles. The highest BCUT2D eigenvalue weighted by Gasteiger charge is 2.16. The maximum Gasteiger partial charge on any atom is 0.274 e. The van der Waals surface area contributed by atoms with Crippen LogP contribution in [0.15, 0.2) is 36.4 Å².